The first-order chi connectivity index (χ1) is 10.5. The monoisotopic (exact) mass is 287 g/mol. The third-order valence-electron chi connectivity index (χ3n) is 4.09. The van der Waals surface area contributed by atoms with Crippen LogP contribution < -0.4 is 0 Å². The summed E-state index contributed by atoms with van der Waals surface area (Å²) >= 11 is 0. The van der Waals surface area contributed by atoms with Crippen LogP contribution in [-0.4, -0.2) is 4.98 Å². The summed E-state index contributed by atoms with van der Waals surface area (Å²) in [6.07, 6.45) is 0. The Morgan fingerprint density at radius 2 is 1.05 bits per heavy atom. The average molecular weight is 287 g/mol. The number of pyridine rings is 1. The van der Waals surface area contributed by atoms with Crippen LogP contribution in [0.15, 0.2) is 54.6 Å². The molecule has 0 aliphatic carbocycles. The number of rotatable bonds is 2. The Morgan fingerprint density at radius 3 is 1.50 bits per heavy atom. The third kappa shape index (κ3) is 2.80. The largest absolute Gasteiger partial charge is 0.248 e. The van der Waals surface area contributed by atoms with Crippen molar-refractivity contribution in [1.82, 2.24) is 4.98 Å². The predicted octanol–water partition coefficient (Wildman–Crippen LogP) is 5.65. The van der Waals surface area contributed by atoms with E-state index in [0.29, 0.717) is 0 Å². The summed E-state index contributed by atoms with van der Waals surface area (Å²) in [5.74, 6) is 0. The molecule has 0 amide bonds. The molecule has 0 saturated heterocycles. The van der Waals surface area contributed by atoms with Crippen molar-refractivity contribution < 1.29 is 0 Å². The van der Waals surface area contributed by atoms with Crippen LogP contribution in [0.5, 0.6) is 0 Å². The molecule has 22 heavy (non-hydrogen) atoms. The molecule has 0 saturated carbocycles. The quantitative estimate of drug-likeness (QED) is 0.593. The maximum atomic E-state index is 4.92. The van der Waals surface area contributed by atoms with Gasteiger partial charge in [-0.2, -0.15) is 0 Å². The van der Waals surface area contributed by atoms with E-state index < -0.39 is 0 Å². The van der Waals surface area contributed by atoms with Crippen LogP contribution >= 0.6 is 0 Å². The van der Waals surface area contributed by atoms with Crippen molar-refractivity contribution in [3.63, 3.8) is 0 Å². The Bertz CT molecular complexity index is 764. The van der Waals surface area contributed by atoms with Gasteiger partial charge in [0.25, 0.3) is 0 Å². The molecule has 2 aromatic carbocycles. The van der Waals surface area contributed by atoms with Gasteiger partial charge in [0, 0.05) is 11.1 Å². The molecule has 0 radical (unpaired) electrons. The van der Waals surface area contributed by atoms with Crippen LogP contribution in [0.2, 0.25) is 0 Å². The Hall–Kier alpha value is -2.41. The minimum Gasteiger partial charge on any atom is -0.248 e. The van der Waals surface area contributed by atoms with E-state index in [4.69, 9.17) is 4.98 Å². The van der Waals surface area contributed by atoms with E-state index in [9.17, 15) is 0 Å². The minimum atomic E-state index is 1.04. The van der Waals surface area contributed by atoms with E-state index in [-0.39, 0.29) is 0 Å². The van der Waals surface area contributed by atoms with E-state index in [1.165, 1.54) is 33.4 Å². The van der Waals surface area contributed by atoms with Gasteiger partial charge in [-0.3, -0.25) is 0 Å². The van der Waals surface area contributed by atoms with Crippen molar-refractivity contribution in [2.24, 2.45) is 0 Å². The molecule has 0 bridgehead atoms. The summed E-state index contributed by atoms with van der Waals surface area (Å²) in [4.78, 5) is 4.92. The van der Waals surface area contributed by atoms with Gasteiger partial charge < -0.3 is 0 Å². The van der Waals surface area contributed by atoms with E-state index in [0.717, 1.165) is 11.4 Å². The fourth-order valence-corrected chi connectivity index (χ4v) is 2.76. The lowest BCUT2D eigenvalue weighted by Crippen LogP contribution is -1.92. The normalized spacial score (nSPS) is 10.7. The third-order valence-corrected chi connectivity index (χ3v) is 4.09. The second-order valence-corrected chi connectivity index (χ2v) is 6.04. The van der Waals surface area contributed by atoms with Crippen LogP contribution in [-0.2, 0) is 0 Å². The molecule has 3 aromatic rings. The number of benzene rings is 2. The van der Waals surface area contributed by atoms with Crippen LogP contribution in [0, 0.1) is 27.7 Å². The zero-order chi connectivity index (χ0) is 15.7. The minimum absolute atomic E-state index is 1.04. The molecule has 1 heteroatoms. The Balaban J connectivity index is 2.14. The molecular weight excluding hydrogens is 266 g/mol. The second-order valence-electron chi connectivity index (χ2n) is 6.04. The highest BCUT2D eigenvalue weighted by Gasteiger charge is 2.08. The lowest BCUT2D eigenvalue weighted by molar-refractivity contribution is 1.27. The summed E-state index contributed by atoms with van der Waals surface area (Å²) in [6.45, 7) is 8.52. The van der Waals surface area contributed by atoms with Gasteiger partial charge in [0.05, 0.1) is 11.4 Å². The van der Waals surface area contributed by atoms with Crippen molar-refractivity contribution in [2.75, 3.05) is 0 Å². The van der Waals surface area contributed by atoms with Crippen molar-refractivity contribution >= 4 is 0 Å². The summed E-state index contributed by atoms with van der Waals surface area (Å²) in [5, 5.41) is 0. The second kappa shape index (κ2) is 5.76. The molecule has 0 spiro atoms. The van der Waals surface area contributed by atoms with Crippen LogP contribution in [0.25, 0.3) is 22.5 Å². The first-order valence-corrected chi connectivity index (χ1v) is 7.67. The SMILES string of the molecule is Cc1ccc(C)c(-c2cccc(-c3cc(C)ccc3C)n2)c1. The summed E-state index contributed by atoms with van der Waals surface area (Å²) < 4.78 is 0. The molecule has 1 aromatic heterocycles. The molecule has 110 valence electrons. The van der Waals surface area contributed by atoms with Gasteiger partial charge in [-0.15, -0.1) is 0 Å². The molecule has 0 atom stereocenters. The first-order valence-electron chi connectivity index (χ1n) is 7.67. The molecule has 0 aliphatic heterocycles. The molecule has 0 fully saturated rings. The molecular formula is C21H21N. The number of aryl methyl sites for hydroxylation is 4. The van der Waals surface area contributed by atoms with Crippen LogP contribution in [0.3, 0.4) is 0 Å². The molecule has 3 rings (SSSR count). The van der Waals surface area contributed by atoms with Crippen LogP contribution in [0.1, 0.15) is 22.3 Å². The fourth-order valence-electron chi connectivity index (χ4n) is 2.76. The van der Waals surface area contributed by atoms with Crippen molar-refractivity contribution in [1.29, 1.82) is 0 Å². The Morgan fingerprint density at radius 1 is 0.591 bits per heavy atom. The van der Waals surface area contributed by atoms with Gasteiger partial charge in [0.15, 0.2) is 0 Å². The van der Waals surface area contributed by atoms with Gasteiger partial charge in [0.2, 0.25) is 0 Å². The zero-order valence-corrected chi connectivity index (χ0v) is 13.6. The lowest BCUT2D eigenvalue weighted by atomic mass is 9.99. The van der Waals surface area contributed by atoms with Crippen molar-refractivity contribution in [3.05, 3.63) is 76.9 Å². The van der Waals surface area contributed by atoms with Crippen LogP contribution in [0.4, 0.5) is 0 Å². The average Bonchev–Trinajstić information content (AvgIpc) is 2.52. The number of hydrogen-bond acceptors (Lipinski definition) is 1. The Kier molecular flexibility index (Phi) is 3.81. The first kappa shape index (κ1) is 14.5. The van der Waals surface area contributed by atoms with E-state index in [1.807, 2.05) is 0 Å². The van der Waals surface area contributed by atoms with E-state index in [2.05, 4.69) is 82.3 Å². The fraction of sp³-hybridized carbons (Fsp3) is 0.190. The van der Waals surface area contributed by atoms with Gasteiger partial charge in [-0.05, 0) is 63.1 Å². The highest BCUT2D eigenvalue weighted by atomic mass is 14.7. The van der Waals surface area contributed by atoms with Crippen molar-refractivity contribution in [2.45, 2.75) is 27.7 Å². The van der Waals surface area contributed by atoms with Gasteiger partial charge in [0.1, 0.15) is 0 Å². The molecule has 0 unspecified atom stereocenters. The van der Waals surface area contributed by atoms with Crippen molar-refractivity contribution in [3.8, 4) is 22.5 Å². The Labute approximate surface area is 132 Å². The van der Waals surface area contributed by atoms with E-state index >= 15 is 0 Å². The lowest BCUT2D eigenvalue weighted by Gasteiger charge is -2.11. The maximum absolute atomic E-state index is 4.92. The smallest absolute Gasteiger partial charge is 0.0712 e. The van der Waals surface area contributed by atoms with E-state index in [1.54, 1.807) is 0 Å². The maximum Gasteiger partial charge on any atom is 0.0712 e. The molecule has 0 aliphatic rings. The molecule has 1 heterocycles. The topological polar surface area (TPSA) is 12.9 Å². The number of hydrogen-bond donors (Lipinski definition) is 0. The number of nitrogens with zero attached hydrogens (tertiary/aromatic N) is 1. The highest BCUT2D eigenvalue weighted by molar-refractivity contribution is 5.70. The molecule has 0 N–H and O–H groups in total. The summed E-state index contributed by atoms with van der Waals surface area (Å²) in [5.41, 5.74) is 9.56. The standard InChI is InChI=1S/C21H21N/c1-14-8-10-16(3)18(12-14)20-6-5-7-21(22-20)19-13-15(2)9-11-17(19)4/h5-13H,1-4H3. The zero-order valence-electron chi connectivity index (χ0n) is 13.6. The molecule has 1 nitrogen and oxygen atoms in total. The highest BCUT2D eigenvalue weighted by Crippen LogP contribution is 2.28. The number of aromatic nitrogens is 1. The van der Waals surface area contributed by atoms with Gasteiger partial charge in [-0.25, -0.2) is 4.98 Å². The summed E-state index contributed by atoms with van der Waals surface area (Å²) in [6, 6.07) is 19.3. The van der Waals surface area contributed by atoms with Gasteiger partial charge in [-0.1, -0.05) is 41.5 Å². The predicted molar refractivity (Wildman–Crippen MR) is 94.1 cm³/mol. The summed E-state index contributed by atoms with van der Waals surface area (Å²) in [7, 11) is 0. The van der Waals surface area contributed by atoms with Gasteiger partial charge >= 0.3 is 0 Å².